The van der Waals surface area contributed by atoms with Crippen molar-refractivity contribution in [3.63, 3.8) is 0 Å². The van der Waals surface area contributed by atoms with Gasteiger partial charge in [-0.25, -0.2) is 0 Å². The number of benzene rings is 1. The van der Waals surface area contributed by atoms with E-state index in [9.17, 15) is 0 Å². The van der Waals surface area contributed by atoms with Crippen molar-refractivity contribution in [2.45, 2.75) is 25.4 Å². The van der Waals surface area contributed by atoms with Crippen molar-refractivity contribution in [3.8, 4) is 11.4 Å². The van der Waals surface area contributed by atoms with Gasteiger partial charge in [0.2, 0.25) is 11.7 Å². The molecule has 1 fully saturated rings. The van der Waals surface area contributed by atoms with Gasteiger partial charge in [0.05, 0.1) is 6.04 Å². The maximum absolute atomic E-state index is 5.47. The molecule has 130 valence electrons. The van der Waals surface area contributed by atoms with Crippen LogP contribution >= 0.6 is 0 Å². The van der Waals surface area contributed by atoms with E-state index in [0.29, 0.717) is 17.7 Å². The lowest BCUT2D eigenvalue weighted by Gasteiger charge is -2.21. The number of rotatable bonds is 5. The van der Waals surface area contributed by atoms with Crippen LogP contribution in [-0.4, -0.2) is 56.3 Å². The number of anilines is 1. The Kier molecular flexibility index (Phi) is 4.14. The molecular formula is C16H20N8O. The standard InChI is InChI=1S/C16H20N8O/c1-23(2)16-17-15(25-20-16)13-4-3-9-24(13)10-11-5-7-12(8-6-11)14-18-21-22-19-14/h5-8,13H,3-4,9-10H2,1-2H3,(H,18,19,21,22). The van der Waals surface area contributed by atoms with Crippen LogP contribution in [-0.2, 0) is 6.54 Å². The minimum atomic E-state index is 0.179. The van der Waals surface area contributed by atoms with Gasteiger partial charge in [-0.15, -0.1) is 10.2 Å². The molecule has 9 nitrogen and oxygen atoms in total. The van der Waals surface area contributed by atoms with Gasteiger partial charge in [-0.1, -0.05) is 24.3 Å². The van der Waals surface area contributed by atoms with Gasteiger partial charge in [-0.3, -0.25) is 4.90 Å². The zero-order chi connectivity index (χ0) is 17.2. The van der Waals surface area contributed by atoms with E-state index in [1.165, 1.54) is 5.56 Å². The van der Waals surface area contributed by atoms with Gasteiger partial charge in [0.1, 0.15) is 0 Å². The Morgan fingerprint density at radius 1 is 1.28 bits per heavy atom. The molecule has 1 aromatic carbocycles. The molecule has 1 N–H and O–H groups in total. The Labute approximate surface area is 145 Å². The van der Waals surface area contributed by atoms with E-state index in [1.54, 1.807) is 0 Å². The van der Waals surface area contributed by atoms with E-state index < -0.39 is 0 Å². The summed E-state index contributed by atoms with van der Waals surface area (Å²) in [5.41, 5.74) is 2.18. The molecule has 0 bridgehead atoms. The second-order valence-corrected chi connectivity index (χ2v) is 6.39. The van der Waals surface area contributed by atoms with Crippen molar-refractivity contribution < 1.29 is 4.52 Å². The second kappa shape index (κ2) is 6.60. The molecule has 25 heavy (non-hydrogen) atoms. The first-order chi connectivity index (χ1) is 12.2. The van der Waals surface area contributed by atoms with Crippen LogP contribution in [0.15, 0.2) is 28.8 Å². The predicted octanol–water partition coefficient (Wildman–Crippen LogP) is 1.65. The van der Waals surface area contributed by atoms with Crippen LogP contribution in [0.3, 0.4) is 0 Å². The average molecular weight is 340 g/mol. The summed E-state index contributed by atoms with van der Waals surface area (Å²) in [6.45, 7) is 1.87. The van der Waals surface area contributed by atoms with Crippen LogP contribution < -0.4 is 4.90 Å². The first-order valence-corrected chi connectivity index (χ1v) is 8.28. The van der Waals surface area contributed by atoms with Gasteiger partial charge in [-0.2, -0.15) is 10.2 Å². The SMILES string of the molecule is CN(C)c1noc(C2CCCN2Cc2ccc(-c3nn[nH]n3)cc2)n1. The fourth-order valence-corrected chi connectivity index (χ4v) is 3.12. The third-order valence-electron chi connectivity index (χ3n) is 4.42. The zero-order valence-electron chi connectivity index (χ0n) is 14.3. The zero-order valence-corrected chi connectivity index (χ0v) is 14.3. The van der Waals surface area contributed by atoms with Crippen LogP contribution in [0.4, 0.5) is 5.95 Å². The van der Waals surface area contributed by atoms with Crippen molar-refractivity contribution in [1.29, 1.82) is 0 Å². The predicted molar refractivity (Wildman–Crippen MR) is 90.6 cm³/mol. The largest absolute Gasteiger partial charge is 0.344 e. The van der Waals surface area contributed by atoms with E-state index >= 15 is 0 Å². The lowest BCUT2D eigenvalue weighted by Crippen LogP contribution is -2.23. The summed E-state index contributed by atoms with van der Waals surface area (Å²) in [5, 5.41) is 18.1. The van der Waals surface area contributed by atoms with Crippen molar-refractivity contribution in [2.75, 3.05) is 25.5 Å². The summed E-state index contributed by atoms with van der Waals surface area (Å²) in [5.74, 6) is 1.92. The molecule has 3 aromatic rings. The average Bonchev–Trinajstić information content (AvgIpc) is 3.36. The van der Waals surface area contributed by atoms with Crippen LogP contribution in [0.5, 0.6) is 0 Å². The van der Waals surface area contributed by atoms with Gasteiger partial charge < -0.3 is 9.42 Å². The van der Waals surface area contributed by atoms with Crippen LogP contribution in [0.25, 0.3) is 11.4 Å². The highest BCUT2D eigenvalue weighted by atomic mass is 16.5. The van der Waals surface area contributed by atoms with E-state index in [-0.39, 0.29) is 6.04 Å². The monoisotopic (exact) mass is 340 g/mol. The number of aromatic amines is 1. The van der Waals surface area contributed by atoms with Gasteiger partial charge in [0.15, 0.2) is 0 Å². The Morgan fingerprint density at radius 2 is 2.12 bits per heavy atom. The summed E-state index contributed by atoms with van der Waals surface area (Å²) in [7, 11) is 3.82. The third kappa shape index (κ3) is 3.22. The number of hydrogen-bond donors (Lipinski definition) is 1. The molecule has 9 heteroatoms. The summed E-state index contributed by atoms with van der Waals surface area (Å²) >= 11 is 0. The molecule has 1 unspecified atom stereocenters. The third-order valence-corrected chi connectivity index (χ3v) is 4.42. The highest BCUT2D eigenvalue weighted by Gasteiger charge is 2.30. The quantitative estimate of drug-likeness (QED) is 0.748. The molecule has 0 radical (unpaired) electrons. The minimum absolute atomic E-state index is 0.179. The number of tetrazole rings is 1. The van der Waals surface area contributed by atoms with E-state index in [0.717, 1.165) is 31.5 Å². The highest BCUT2D eigenvalue weighted by molar-refractivity contribution is 5.54. The van der Waals surface area contributed by atoms with Crippen molar-refractivity contribution in [3.05, 3.63) is 35.7 Å². The highest BCUT2D eigenvalue weighted by Crippen LogP contribution is 2.33. The fraction of sp³-hybridized carbons (Fsp3) is 0.438. The van der Waals surface area contributed by atoms with Gasteiger partial charge in [0, 0.05) is 26.2 Å². The van der Waals surface area contributed by atoms with Gasteiger partial charge in [-0.05, 0) is 35.3 Å². The Hall–Kier alpha value is -2.81. The van der Waals surface area contributed by atoms with Crippen LogP contribution in [0.2, 0.25) is 0 Å². The first-order valence-electron chi connectivity index (χ1n) is 8.28. The fourth-order valence-electron chi connectivity index (χ4n) is 3.12. The summed E-state index contributed by atoms with van der Waals surface area (Å²) in [4.78, 5) is 8.75. The molecule has 1 saturated heterocycles. The van der Waals surface area contributed by atoms with Gasteiger partial charge >= 0.3 is 0 Å². The Bertz CT molecular complexity index is 811. The molecule has 0 saturated carbocycles. The molecule has 4 rings (SSSR count). The smallest absolute Gasteiger partial charge is 0.265 e. The topological polar surface area (TPSA) is 99.9 Å². The number of H-pyrrole nitrogens is 1. The van der Waals surface area contributed by atoms with Crippen molar-refractivity contribution >= 4 is 5.95 Å². The molecule has 0 spiro atoms. The molecule has 1 aliphatic heterocycles. The van der Waals surface area contributed by atoms with E-state index in [4.69, 9.17) is 4.52 Å². The Balaban J connectivity index is 1.47. The lowest BCUT2D eigenvalue weighted by atomic mass is 10.1. The summed E-state index contributed by atoms with van der Waals surface area (Å²) in [6, 6.07) is 8.41. The first kappa shape index (κ1) is 15.7. The van der Waals surface area contributed by atoms with E-state index in [1.807, 2.05) is 31.1 Å². The van der Waals surface area contributed by atoms with Crippen molar-refractivity contribution in [2.24, 2.45) is 0 Å². The maximum atomic E-state index is 5.47. The number of nitrogens with one attached hydrogen (secondary N) is 1. The summed E-state index contributed by atoms with van der Waals surface area (Å²) < 4.78 is 5.47. The number of aromatic nitrogens is 6. The molecule has 0 aliphatic carbocycles. The van der Waals surface area contributed by atoms with E-state index in [2.05, 4.69) is 47.8 Å². The number of likely N-dealkylation sites (tertiary alicyclic amines) is 1. The molecule has 0 amide bonds. The number of nitrogens with zero attached hydrogens (tertiary/aromatic N) is 7. The molecule has 3 heterocycles. The van der Waals surface area contributed by atoms with Crippen molar-refractivity contribution in [1.82, 2.24) is 35.7 Å². The molecule has 2 aromatic heterocycles. The minimum Gasteiger partial charge on any atom is -0.344 e. The molecular weight excluding hydrogens is 320 g/mol. The normalized spacial score (nSPS) is 17.9. The van der Waals surface area contributed by atoms with Crippen LogP contribution in [0.1, 0.15) is 30.3 Å². The molecule has 1 aliphatic rings. The maximum Gasteiger partial charge on any atom is 0.265 e. The second-order valence-electron chi connectivity index (χ2n) is 6.39. The Morgan fingerprint density at radius 3 is 2.80 bits per heavy atom. The summed E-state index contributed by atoms with van der Waals surface area (Å²) in [6.07, 6.45) is 2.17. The molecule has 1 atom stereocenters. The lowest BCUT2D eigenvalue weighted by molar-refractivity contribution is 0.201. The van der Waals surface area contributed by atoms with Gasteiger partial charge in [0.25, 0.3) is 5.95 Å². The number of hydrogen-bond acceptors (Lipinski definition) is 8. The van der Waals surface area contributed by atoms with Crippen LogP contribution in [0, 0.1) is 0 Å².